The standard InChI is InChI=1S/C19H18FN3O2S/c20-13-6-7-16-17(9-13)26-19(22-16)23-8-2-3-12(11-23)18(25)21-14-4-1-5-15(24)10-14/h1,4-7,9-10,12,24H,2-3,8,11H2,(H,21,25). The van der Waals surface area contributed by atoms with Crippen molar-refractivity contribution in [3.8, 4) is 5.75 Å². The van der Waals surface area contributed by atoms with Crippen LogP contribution in [0.4, 0.5) is 15.2 Å². The lowest BCUT2D eigenvalue weighted by atomic mass is 9.97. The molecule has 2 aromatic carbocycles. The first-order chi connectivity index (χ1) is 12.6. The van der Waals surface area contributed by atoms with E-state index in [0.717, 1.165) is 34.7 Å². The molecule has 1 aliphatic heterocycles. The van der Waals surface area contributed by atoms with E-state index in [-0.39, 0.29) is 23.4 Å². The van der Waals surface area contributed by atoms with Gasteiger partial charge in [0.2, 0.25) is 5.91 Å². The number of fused-ring (bicyclic) bond motifs is 1. The lowest BCUT2D eigenvalue weighted by Crippen LogP contribution is -2.40. The van der Waals surface area contributed by atoms with Gasteiger partial charge < -0.3 is 15.3 Å². The molecule has 3 aromatic rings. The monoisotopic (exact) mass is 371 g/mol. The van der Waals surface area contributed by atoms with Gasteiger partial charge in [0.05, 0.1) is 16.1 Å². The van der Waals surface area contributed by atoms with Crippen LogP contribution < -0.4 is 10.2 Å². The molecule has 1 aromatic heterocycles. The minimum atomic E-state index is -0.269. The van der Waals surface area contributed by atoms with Crippen LogP contribution in [0.3, 0.4) is 0 Å². The molecule has 7 heteroatoms. The summed E-state index contributed by atoms with van der Waals surface area (Å²) in [6.07, 6.45) is 1.70. The fourth-order valence-electron chi connectivity index (χ4n) is 3.21. The van der Waals surface area contributed by atoms with E-state index >= 15 is 0 Å². The number of aromatic nitrogens is 1. The Morgan fingerprint density at radius 2 is 2.19 bits per heavy atom. The molecule has 0 radical (unpaired) electrons. The van der Waals surface area contributed by atoms with Crippen LogP contribution >= 0.6 is 11.3 Å². The van der Waals surface area contributed by atoms with Crippen LogP contribution in [-0.4, -0.2) is 29.1 Å². The summed E-state index contributed by atoms with van der Waals surface area (Å²) >= 11 is 1.45. The number of hydrogen-bond acceptors (Lipinski definition) is 5. The molecule has 134 valence electrons. The van der Waals surface area contributed by atoms with Gasteiger partial charge in [-0.1, -0.05) is 17.4 Å². The molecule has 4 rings (SSSR count). The highest BCUT2D eigenvalue weighted by Gasteiger charge is 2.27. The molecule has 1 aliphatic rings. The molecule has 0 spiro atoms. The lowest BCUT2D eigenvalue weighted by Gasteiger charge is -2.31. The van der Waals surface area contributed by atoms with E-state index < -0.39 is 0 Å². The Kier molecular flexibility index (Phi) is 4.46. The maximum absolute atomic E-state index is 13.4. The zero-order chi connectivity index (χ0) is 18.1. The summed E-state index contributed by atoms with van der Waals surface area (Å²) < 4.78 is 14.2. The molecule has 1 saturated heterocycles. The summed E-state index contributed by atoms with van der Waals surface area (Å²) in [6, 6.07) is 11.1. The summed E-state index contributed by atoms with van der Waals surface area (Å²) in [5, 5.41) is 13.2. The maximum atomic E-state index is 13.4. The molecular formula is C19H18FN3O2S. The maximum Gasteiger partial charge on any atom is 0.229 e. The Morgan fingerprint density at radius 1 is 1.31 bits per heavy atom. The molecule has 5 nitrogen and oxygen atoms in total. The van der Waals surface area contributed by atoms with Crippen LogP contribution in [0.5, 0.6) is 5.75 Å². The number of phenolic OH excluding ortho intramolecular Hbond substituents is 1. The topological polar surface area (TPSA) is 65.5 Å². The van der Waals surface area contributed by atoms with Crippen LogP contribution in [0.2, 0.25) is 0 Å². The number of rotatable bonds is 3. The zero-order valence-electron chi connectivity index (χ0n) is 14.0. The van der Waals surface area contributed by atoms with Crippen molar-refractivity contribution in [3.63, 3.8) is 0 Å². The number of aromatic hydroxyl groups is 1. The third kappa shape index (κ3) is 3.48. The van der Waals surface area contributed by atoms with Gasteiger partial charge in [-0.15, -0.1) is 0 Å². The normalized spacial score (nSPS) is 17.4. The zero-order valence-corrected chi connectivity index (χ0v) is 14.8. The smallest absolute Gasteiger partial charge is 0.229 e. The summed E-state index contributed by atoms with van der Waals surface area (Å²) in [5.74, 6) is -0.369. The molecule has 1 amide bonds. The van der Waals surface area contributed by atoms with Crippen molar-refractivity contribution in [1.82, 2.24) is 4.98 Å². The second-order valence-electron chi connectivity index (χ2n) is 6.43. The van der Waals surface area contributed by atoms with Gasteiger partial charge in [-0.25, -0.2) is 9.37 Å². The Balaban J connectivity index is 1.48. The predicted octanol–water partition coefficient (Wildman–Crippen LogP) is 4.00. The largest absolute Gasteiger partial charge is 0.508 e. The van der Waals surface area contributed by atoms with E-state index in [4.69, 9.17) is 0 Å². The van der Waals surface area contributed by atoms with Gasteiger partial charge in [0.1, 0.15) is 11.6 Å². The number of halogens is 1. The van der Waals surface area contributed by atoms with E-state index in [0.29, 0.717) is 12.2 Å². The van der Waals surface area contributed by atoms with Crippen molar-refractivity contribution in [1.29, 1.82) is 0 Å². The van der Waals surface area contributed by atoms with Gasteiger partial charge in [-0.05, 0) is 43.2 Å². The van der Waals surface area contributed by atoms with Gasteiger partial charge in [0, 0.05) is 24.8 Å². The van der Waals surface area contributed by atoms with Crippen LogP contribution in [0.25, 0.3) is 10.2 Å². The summed E-state index contributed by atoms with van der Waals surface area (Å²) in [4.78, 5) is 19.3. The van der Waals surface area contributed by atoms with Crippen molar-refractivity contribution in [2.75, 3.05) is 23.3 Å². The lowest BCUT2D eigenvalue weighted by molar-refractivity contribution is -0.120. The number of amides is 1. The van der Waals surface area contributed by atoms with Gasteiger partial charge in [-0.2, -0.15) is 0 Å². The number of carbonyl (C=O) groups is 1. The Morgan fingerprint density at radius 3 is 3.04 bits per heavy atom. The quantitative estimate of drug-likeness (QED) is 0.730. The van der Waals surface area contributed by atoms with Crippen LogP contribution in [-0.2, 0) is 4.79 Å². The summed E-state index contributed by atoms with van der Waals surface area (Å²) in [6.45, 7) is 1.41. The predicted molar refractivity (Wildman–Crippen MR) is 101 cm³/mol. The van der Waals surface area contributed by atoms with E-state index in [1.807, 2.05) is 0 Å². The number of nitrogens with one attached hydrogen (secondary N) is 1. The van der Waals surface area contributed by atoms with Gasteiger partial charge in [-0.3, -0.25) is 4.79 Å². The molecule has 1 unspecified atom stereocenters. The van der Waals surface area contributed by atoms with Crippen molar-refractivity contribution >= 4 is 38.3 Å². The third-order valence-electron chi connectivity index (χ3n) is 4.52. The van der Waals surface area contributed by atoms with E-state index in [1.165, 1.54) is 29.5 Å². The molecule has 2 heterocycles. The average Bonchev–Trinajstić information content (AvgIpc) is 3.05. The first kappa shape index (κ1) is 16.8. The minimum Gasteiger partial charge on any atom is -0.508 e. The molecule has 1 fully saturated rings. The van der Waals surface area contributed by atoms with Crippen molar-refractivity contribution in [2.24, 2.45) is 5.92 Å². The van der Waals surface area contributed by atoms with E-state index in [1.54, 1.807) is 24.3 Å². The fourth-order valence-corrected chi connectivity index (χ4v) is 4.24. The number of thiazole rings is 1. The number of piperidine rings is 1. The molecule has 2 N–H and O–H groups in total. The average molecular weight is 371 g/mol. The molecular weight excluding hydrogens is 353 g/mol. The van der Waals surface area contributed by atoms with Gasteiger partial charge >= 0.3 is 0 Å². The second-order valence-corrected chi connectivity index (χ2v) is 7.44. The highest BCUT2D eigenvalue weighted by molar-refractivity contribution is 7.22. The first-order valence-corrected chi connectivity index (χ1v) is 9.31. The van der Waals surface area contributed by atoms with Crippen molar-refractivity contribution in [3.05, 3.63) is 48.3 Å². The molecule has 26 heavy (non-hydrogen) atoms. The number of hydrogen-bond donors (Lipinski definition) is 2. The number of nitrogens with zero attached hydrogens (tertiary/aromatic N) is 2. The second kappa shape index (κ2) is 6.92. The highest BCUT2D eigenvalue weighted by Crippen LogP contribution is 2.32. The van der Waals surface area contributed by atoms with Crippen molar-refractivity contribution < 1.29 is 14.3 Å². The first-order valence-electron chi connectivity index (χ1n) is 8.49. The molecule has 0 saturated carbocycles. The third-order valence-corrected chi connectivity index (χ3v) is 5.59. The fraction of sp³-hybridized carbons (Fsp3) is 0.263. The van der Waals surface area contributed by atoms with Crippen LogP contribution in [0.15, 0.2) is 42.5 Å². The molecule has 0 aliphatic carbocycles. The van der Waals surface area contributed by atoms with Gasteiger partial charge in [0.25, 0.3) is 0 Å². The summed E-state index contributed by atoms with van der Waals surface area (Å²) in [7, 11) is 0. The van der Waals surface area contributed by atoms with Crippen LogP contribution in [0, 0.1) is 11.7 Å². The summed E-state index contributed by atoms with van der Waals surface area (Å²) in [5.41, 5.74) is 1.36. The van der Waals surface area contributed by atoms with Crippen molar-refractivity contribution in [2.45, 2.75) is 12.8 Å². The number of carbonyl (C=O) groups excluding carboxylic acids is 1. The van der Waals surface area contributed by atoms with E-state index in [9.17, 15) is 14.3 Å². The SMILES string of the molecule is O=C(Nc1cccc(O)c1)C1CCCN(c2nc3ccc(F)cc3s2)C1. The Labute approximate surface area is 154 Å². The molecule has 0 bridgehead atoms. The number of benzene rings is 2. The number of phenols is 1. The molecule has 1 atom stereocenters. The highest BCUT2D eigenvalue weighted by atomic mass is 32.1. The Bertz CT molecular complexity index is 959. The van der Waals surface area contributed by atoms with E-state index in [2.05, 4.69) is 15.2 Å². The minimum absolute atomic E-state index is 0.0625. The van der Waals surface area contributed by atoms with Crippen LogP contribution in [0.1, 0.15) is 12.8 Å². The number of anilines is 2. The van der Waals surface area contributed by atoms with Gasteiger partial charge in [0.15, 0.2) is 5.13 Å². The Hall–Kier alpha value is -2.67.